The number of nitrogens with one attached hydrogen (secondary N) is 1. The molecule has 0 atom stereocenters. The molecule has 3 rings (SSSR count). The number of halogens is 1. The number of nitrogens with zero attached hydrogens (tertiary/aromatic N) is 1. The molecule has 0 unspecified atom stereocenters. The standard InChI is InChI=1S/C25H27FN2O4S/c1-18(2)32-23-12-6-20(7-13-23)16-27-25(29)17-28(22-10-8-21(26)9-11-22)33(30,31)24-14-4-19(3)5-15-24/h4-15,18H,16-17H2,1-3H3,(H,27,29). The van der Waals surface area contributed by atoms with Crippen LogP contribution in [0, 0.1) is 12.7 Å². The summed E-state index contributed by atoms with van der Waals surface area (Å²) in [7, 11) is -4.05. The molecule has 8 heteroatoms. The first-order valence-electron chi connectivity index (χ1n) is 10.5. The highest BCUT2D eigenvalue weighted by Gasteiger charge is 2.27. The number of amides is 1. The van der Waals surface area contributed by atoms with Crippen molar-refractivity contribution in [1.82, 2.24) is 5.32 Å². The first-order valence-corrected chi connectivity index (χ1v) is 12.0. The molecule has 0 bridgehead atoms. The van der Waals surface area contributed by atoms with E-state index in [1.54, 1.807) is 12.1 Å². The highest BCUT2D eigenvalue weighted by molar-refractivity contribution is 7.92. The third kappa shape index (κ3) is 6.55. The van der Waals surface area contributed by atoms with Crippen molar-refractivity contribution < 1.29 is 22.3 Å². The van der Waals surface area contributed by atoms with Crippen molar-refractivity contribution in [3.05, 3.63) is 89.7 Å². The number of aryl methyl sites for hydroxylation is 1. The van der Waals surface area contributed by atoms with Gasteiger partial charge in [-0.05, 0) is 74.9 Å². The lowest BCUT2D eigenvalue weighted by molar-refractivity contribution is -0.119. The molecular weight excluding hydrogens is 443 g/mol. The van der Waals surface area contributed by atoms with Gasteiger partial charge < -0.3 is 10.1 Å². The Labute approximate surface area is 194 Å². The normalized spacial score (nSPS) is 11.3. The summed E-state index contributed by atoms with van der Waals surface area (Å²) < 4.78 is 46.6. The fourth-order valence-corrected chi connectivity index (χ4v) is 4.53. The molecule has 1 amide bonds. The van der Waals surface area contributed by atoms with Crippen LogP contribution in [0.1, 0.15) is 25.0 Å². The van der Waals surface area contributed by atoms with Gasteiger partial charge in [0.1, 0.15) is 18.1 Å². The Kier molecular flexibility index (Phi) is 7.71. The van der Waals surface area contributed by atoms with Crippen LogP contribution in [-0.4, -0.2) is 27.0 Å². The molecule has 0 saturated heterocycles. The van der Waals surface area contributed by atoms with Crippen LogP contribution in [0.4, 0.5) is 10.1 Å². The van der Waals surface area contributed by atoms with Crippen molar-refractivity contribution in [1.29, 1.82) is 0 Å². The quantitative estimate of drug-likeness (QED) is 0.502. The topological polar surface area (TPSA) is 75.7 Å². The van der Waals surface area contributed by atoms with Gasteiger partial charge in [-0.15, -0.1) is 0 Å². The monoisotopic (exact) mass is 470 g/mol. The second kappa shape index (κ2) is 10.5. The molecule has 33 heavy (non-hydrogen) atoms. The summed E-state index contributed by atoms with van der Waals surface area (Å²) in [6.45, 7) is 5.50. The number of carbonyl (C=O) groups is 1. The molecule has 0 saturated carbocycles. The van der Waals surface area contributed by atoms with E-state index < -0.39 is 28.3 Å². The lowest BCUT2D eigenvalue weighted by Crippen LogP contribution is -2.40. The van der Waals surface area contributed by atoms with Crippen LogP contribution in [0.15, 0.2) is 77.7 Å². The van der Waals surface area contributed by atoms with E-state index in [0.717, 1.165) is 33.3 Å². The van der Waals surface area contributed by atoms with Crippen molar-refractivity contribution in [3.63, 3.8) is 0 Å². The van der Waals surface area contributed by atoms with Crippen molar-refractivity contribution in [2.45, 2.75) is 38.3 Å². The van der Waals surface area contributed by atoms with Gasteiger partial charge in [-0.25, -0.2) is 12.8 Å². The summed E-state index contributed by atoms with van der Waals surface area (Å²) >= 11 is 0. The van der Waals surface area contributed by atoms with E-state index in [2.05, 4.69) is 5.32 Å². The minimum Gasteiger partial charge on any atom is -0.491 e. The summed E-state index contributed by atoms with van der Waals surface area (Å²) in [6, 6.07) is 18.6. The highest BCUT2D eigenvalue weighted by atomic mass is 32.2. The number of anilines is 1. The van der Waals surface area contributed by atoms with E-state index in [1.165, 1.54) is 24.3 Å². The fourth-order valence-electron chi connectivity index (χ4n) is 3.10. The molecular formula is C25H27FN2O4S. The average molecular weight is 471 g/mol. The molecule has 1 N–H and O–H groups in total. The first-order chi connectivity index (χ1) is 15.6. The zero-order chi connectivity index (χ0) is 24.0. The van der Waals surface area contributed by atoms with E-state index in [4.69, 9.17) is 4.74 Å². The number of carbonyl (C=O) groups excluding carboxylic acids is 1. The van der Waals surface area contributed by atoms with E-state index in [0.29, 0.717) is 0 Å². The molecule has 6 nitrogen and oxygen atoms in total. The Hall–Kier alpha value is -3.39. The van der Waals surface area contributed by atoms with Gasteiger partial charge in [0.05, 0.1) is 16.7 Å². The molecule has 0 fully saturated rings. The number of ether oxygens (including phenoxy) is 1. The number of hydrogen-bond donors (Lipinski definition) is 1. The van der Waals surface area contributed by atoms with E-state index in [1.807, 2.05) is 45.0 Å². The van der Waals surface area contributed by atoms with Crippen molar-refractivity contribution in [3.8, 4) is 5.75 Å². The van der Waals surface area contributed by atoms with Gasteiger partial charge in [0.25, 0.3) is 10.0 Å². The number of sulfonamides is 1. The smallest absolute Gasteiger partial charge is 0.264 e. The summed E-state index contributed by atoms with van der Waals surface area (Å²) in [5, 5.41) is 2.74. The van der Waals surface area contributed by atoms with Crippen LogP contribution in [0.2, 0.25) is 0 Å². The zero-order valence-electron chi connectivity index (χ0n) is 18.8. The fraction of sp³-hybridized carbons (Fsp3) is 0.240. The van der Waals surface area contributed by atoms with Gasteiger partial charge >= 0.3 is 0 Å². The molecule has 0 radical (unpaired) electrons. The Morgan fingerprint density at radius 2 is 1.58 bits per heavy atom. The van der Waals surface area contributed by atoms with Crippen LogP contribution in [0.3, 0.4) is 0 Å². The Morgan fingerprint density at radius 3 is 2.15 bits per heavy atom. The number of rotatable bonds is 9. The van der Waals surface area contributed by atoms with Crippen LogP contribution < -0.4 is 14.4 Å². The Bertz CT molecular complexity index is 1180. The molecule has 3 aromatic rings. The molecule has 0 aliphatic carbocycles. The molecule has 0 aromatic heterocycles. The van der Waals surface area contributed by atoms with Crippen LogP contribution in [-0.2, 0) is 21.4 Å². The molecule has 3 aromatic carbocycles. The molecule has 0 aliphatic rings. The molecule has 0 spiro atoms. The van der Waals surface area contributed by atoms with Gasteiger partial charge in [0, 0.05) is 6.54 Å². The van der Waals surface area contributed by atoms with E-state index in [9.17, 15) is 17.6 Å². The van der Waals surface area contributed by atoms with Gasteiger partial charge in [0.2, 0.25) is 5.91 Å². The van der Waals surface area contributed by atoms with Crippen molar-refractivity contribution in [2.24, 2.45) is 0 Å². The summed E-state index contributed by atoms with van der Waals surface area (Å²) in [6.07, 6.45) is 0.0588. The number of benzene rings is 3. The Balaban J connectivity index is 1.76. The lowest BCUT2D eigenvalue weighted by atomic mass is 10.2. The van der Waals surface area contributed by atoms with Crippen molar-refractivity contribution >= 4 is 21.6 Å². The average Bonchev–Trinajstić information content (AvgIpc) is 2.77. The van der Waals surface area contributed by atoms with Crippen LogP contribution in [0.25, 0.3) is 0 Å². The van der Waals surface area contributed by atoms with Gasteiger partial charge in [0.15, 0.2) is 0 Å². The van der Waals surface area contributed by atoms with E-state index in [-0.39, 0.29) is 23.2 Å². The number of hydrogen-bond acceptors (Lipinski definition) is 4. The third-order valence-electron chi connectivity index (χ3n) is 4.80. The molecule has 174 valence electrons. The SMILES string of the molecule is Cc1ccc(S(=O)(=O)N(CC(=O)NCc2ccc(OC(C)C)cc2)c2ccc(F)cc2)cc1. The maximum absolute atomic E-state index is 13.4. The summed E-state index contributed by atoms with van der Waals surface area (Å²) in [5.41, 5.74) is 1.95. The lowest BCUT2D eigenvalue weighted by Gasteiger charge is -2.24. The van der Waals surface area contributed by atoms with Gasteiger partial charge in [-0.2, -0.15) is 0 Å². The zero-order valence-corrected chi connectivity index (χ0v) is 19.6. The predicted molar refractivity (Wildman–Crippen MR) is 126 cm³/mol. The highest BCUT2D eigenvalue weighted by Crippen LogP contribution is 2.24. The van der Waals surface area contributed by atoms with Crippen LogP contribution in [0.5, 0.6) is 5.75 Å². The van der Waals surface area contributed by atoms with Crippen molar-refractivity contribution in [2.75, 3.05) is 10.8 Å². The van der Waals surface area contributed by atoms with Gasteiger partial charge in [-0.3, -0.25) is 9.10 Å². The van der Waals surface area contributed by atoms with Gasteiger partial charge in [-0.1, -0.05) is 29.8 Å². The minimum absolute atomic E-state index is 0.0472. The molecule has 0 heterocycles. The second-order valence-electron chi connectivity index (χ2n) is 7.89. The summed E-state index contributed by atoms with van der Waals surface area (Å²) in [5.74, 6) is -0.259. The predicted octanol–water partition coefficient (Wildman–Crippen LogP) is 4.43. The largest absolute Gasteiger partial charge is 0.491 e. The third-order valence-corrected chi connectivity index (χ3v) is 6.58. The maximum Gasteiger partial charge on any atom is 0.264 e. The minimum atomic E-state index is -4.05. The van der Waals surface area contributed by atoms with E-state index >= 15 is 0 Å². The summed E-state index contributed by atoms with van der Waals surface area (Å²) in [4.78, 5) is 12.7. The first kappa shape index (κ1) is 24.3. The molecule has 0 aliphatic heterocycles. The Morgan fingerprint density at radius 1 is 0.970 bits per heavy atom. The van der Waals surface area contributed by atoms with Crippen LogP contribution >= 0.6 is 0 Å². The maximum atomic E-state index is 13.4. The second-order valence-corrected chi connectivity index (χ2v) is 9.75.